The summed E-state index contributed by atoms with van der Waals surface area (Å²) in [7, 11) is 0. The number of halogens is 2. The summed E-state index contributed by atoms with van der Waals surface area (Å²) in [5.74, 6) is 0. The van der Waals surface area contributed by atoms with Gasteiger partial charge in [-0.1, -0.05) is 29.8 Å². The molecule has 0 spiro atoms. The second kappa shape index (κ2) is 5.91. The third-order valence-corrected chi connectivity index (χ3v) is 5.00. The number of hydrogen-bond donors (Lipinski definition) is 1. The average molecular weight is 410 g/mol. The van der Waals surface area contributed by atoms with Crippen LogP contribution in [-0.4, -0.2) is 10.1 Å². The Balaban J connectivity index is 2.02. The van der Waals surface area contributed by atoms with Gasteiger partial charge in [0, 0.05) is 14.7 Å². The summed E-state index contributed by atoms with van der Waals surface area (Å²) in [4.78, 5) is 4.47. The van der Waals surface area contributed by atoms with E-state index in [-0.39, 0.29) is 0 Å². The van der Waals surface area contributed by atoms with Gasteiger partial charge >= 0.3 is 0 Å². The molecule has 0 bridgehead atoms. The van der Waals surface area contributed by atoms with Gasteiger partial charge in [0.05, 0.1) is 10.5 Å². The first-order valence-corrected chi connectivity index (χ1v) is 8.00. The topological polar surface area (TPSA) is 33.1 Å². The molecule has 0 saturated carbocycles. The lowest BCUT2D eigenvalue weighted by Gasteiger charge is -2.13. The van der Waals surface area contributed by atoms with Crippen molar-refractivity contribution in [3.05, 3.63) is 73.9 Å². The molecule has 0 saturated heterocycles. The first-order valence-electron chi connectivity index (χ1n) is 6.55. The van der Waals surface area contributed by atoms with E-state index in [4.69, 9.17) is 11.6 Å². The molecule has 3 aromatic rings. The van der Waals surface area contributed by atoms with Gasteiger partial charge in [-0.3, -0.25) is 4.98 Å². The molecule has 4 heteroatoms. The molecule has 0 fully saturated rings. The van der Waals surface area contributed by atoms with E-state index in [1.165, 1.54) is 0 Å². The zero-order chi connectivity index (χ0) is 15.0. The number of rotatable bonds is 2. The molecule has 0 amide bonds. The number of nitrogens with zero attached hydrogens (tertiary/aromatic N) is 1. The minimum atomic E-state index is -0.690. The maximum atomic E-state index is 10.5. The number of aryl methyl sites for hydroxylation is 1. The van der Waals surface area contributed by atoms with Crippen LogP contribution in [-0.2, 0) is 0 Å². The van der Waals surface area contributed by atoms with Gasteiger partial charge in [0.2, 0.25) is 0 Å². The number of aliphatic hydroxyl groups excluding tert-OH is 1. The van der Waals surface area contributed by atoms with Crippen LogP contribution in [0.2, 0.25) is 5.02 Å². The van der Waals surface area contributed by atoms with E-state index >= 15 is 0 Å². The molecule has 3 rings (SSSR count). The summed E-state index contributed by atoms with van der Waals surface area (Å²) in [5.41, 5.74) is 3.55. The van der Waals surface area contributed by atoms with Crippen molar-refractivity contribution in [3.63, 3.8) is 0 Å². The first kappa shape index (κ1) is 14.8. The SMILES string of the molecule is Cc1ccc2cc(C(O)c3ccc(I)c(Cl)c3)ccc2n1. The Kier molecular flexibility index (Phi) is 4.15. The summed E-state index contributed by atoms with van der Waals surface area (Å²) < 4.78 is 0.975. The van der Waals surface area contributed by atoms with Gasteiger partial charge in [-0.25, -0.2) is 0 Å². The third-order valence-electron chi connectivity index (χ3n) is 3.43. The van der Waals surface area contributed by atoms with Crippen LogP contribution in [0, 0.1) is 10.5 Å². The van der Waals surface area contributed by atoms with Gasteiger partial charge in [-0.2, -0.15) is 0 Å². The second-order valence-corrected chi connectivity index (χ2v) is 6.55. The lowest BCUT2D eigenvalue weighted by atomic mass is 10.00. The Morgan fingerprint density at radius 2 is 1.76 bits per heavy atom. The highest BCUT2D eigenvalue weighted by Gasteiger charge is 2.12. The van der Waals surface area contributed by atoms with E-state index in [1.54, 1.807) is 0 Å². The van der Waals surface area contributed by atoms with Crippen molar-refractivity contribution in [2.75, 3.05) is 0 Å². The van der Waals surface area contributed by atoms with Crippen molar-refractivity contribution in [3.8, 4) is 0 Å². The number of pyridine rings is 1. The average Bonchev–Trinajstić information content (AvgIpc) is 2.49. The molecule has 1 atom stereocenters. The van der Waals surface area contributed by atoms with Crippen molar-refractivity contribution < 1.29 is 5.11 Å². The predicted octanol–water partition coefficient (Wildman–Crippen LogP) is 4.88. The van der Waals surface area contributed by atoms with Gasteiger partial charge in [0.15, 0.2) is 0 Å². The van der Waals surface area contributed by atoms with Crippen molar-refractivity contribution >= 4 is 45.1 Å². The van der Waals surface area contributed by atoms with E-state index in [1.807, 2.05) is 55.5 Å². The number of aliphatic hydroxyl groups is 1. The molecule has 0 aliphatic rings. The Labute approximate surface area is 141 Å². The molecule has 1 aromatic heterocycles. The molecule has 106 valence electrons. The fraction of sp³-hybridized carbons (Fsp3) is 0.118. The second-order valence-electron chi connectivity index (χ2n) is 4.98. The van der Waals surface area contributed by atoms with Crippen LogP contribution in [0.4, 0.5) is 0 Å². The van der Waals surface area contributed by atoms with Crippen molar-refractivity contribution in [1.29, 1.82) is 0 Å². The summed E-state index contributed by atoms with van der Waals surface area (Å²) in [6.45, 7) is 1.97. The van der Waals surface area contributed by atoms with E-state index in [9.17, 15) is 5.11 Å². The molecule has 1 N–H and O–H groups in total. The smallest absolute Gasteiger partial charge is 0.104 e. The normalized spacial score (nSPS) is 12.6. The van der Waals surface area contributed by atoms with Crippen LogP contribution >= 0.6 is 34.2 Å². The van der Waals surface area contributed by atoms with Gasteiger partial charge in [-0.05, 0) is 71.0 Å². The van der Waals surface area contributed by atoms with E-state index in [0.29, 0.717) is 5.02 Å². The zero-order valence-electron chi connectivity index (χ0n) is 11.3. The number of hydrogen-bond acceptors (Lipinski definition) is 2. The van der Waals surface area contributed by atoms with Crippen LogP contribution in [0.25, 0.3) is 10.9 Å². The molecular formula is C17H13ClINO. The summed E-state index contributed by atoms with van der Waals surface area (Å²) in [6, 6.07) is 15.4. The van der Waals surface area contributed by atoms with Gasteiger partial charge in [0.1, 0.15) is 6.10 Å². The van der Waals surface area contributed by atoms with Crippen molar-refractivity contribution in [1.82, 2.24) is 4.98 Å². The molecule has 0 aliphatic carbocycles. The number of benzene rings is 2. The van der Waals surface area contributed by atoms with Crippen LogP contribution in [0.15, 0.2) is 48.5 Å². The first-order chi connectivity index (χ1) is 10.0. The monoisotopic (exact) mass is 409 g/mol. The molecule has 2 aromatic carbocycles. The fourth-order valence-corrected chi connectivity index (χ4v) is 2.82. The third kappa shape index (κ3) is 3.05. The molecule has 1 heterocycles. The molecular weight excluding hydrogens is 397 g/mol. The highest BCUT2D eigenvalue weighted by atomic mass is 127. The Morgan fingerprint density at radius 3 is 2.52 bits per heavy atom. The zero-order valence-corrected chi connectivity index (χ0v) is 14.3. The highest BCUT2D eigenvalue weighted by molar-refractivity contribution is 14.1. The minimum absolute atomic E-state index is 0.658. The van der Waals surface area contributed by atoms with Crippen molar-refractivity contribution in [2.24, 2.45) is 0 Å². The Hall–Kier alpha value is -1.17. The fourth-order valence-electron chi connectivity index (χ4n) is 2.29. The maximum absolute atomic E-state index is 10.5. The maximum Gasteiger partial charge on any atom is 0.104 e. The Morgan fingerprint density at radius 1 is 1.05 bits per heavy atom. The molecule has 0 radical (unpaired) electrons. The van der Waals surface area contributed by atoms with Crippen LogP contribution < -0.4 is 0 Å². The summed E-state index contributed by atoms with van der Waals surface area (Å²) in [5, 5.41) is 12.2. The van der Waals surface area contributed by atoms with Crippen LogP contribution in [0.3, 0.4) is 0 Å². The van der Waals surface area contributed by atoms with Gasteiger partial charge in [-0.15, -0.1) is 0 Å². The minimum Gasteiger partial charge on any atom is -0.384 e. The van der Waals surface area contributed by atoms with E-state index < -0.39 is 6.10 Å². The molecule has 0 aliphatic heterocycles. The van der Waals surface area contributed by atoms with Crippen LogP contribution in [0.5, 0.6) is 0 Å². The highest BCUT2D eigenvalue weighted by Crippen LogP contribution is 2.28. The van der Waals surface area contributed by atoms with E-state index in [0.717, 1.165) is 31.3 Å². The number of fused-ring (bicyclic) bond motifs is 1. The standard InChI is InChI=1S/C17H13ClINO/c1-10-2-3-11-8-12(5-7-16(11)20-10)17(21)13-4-6-15(19)14(18)9-13/h2-9,17,21H,1H3. The van der Waals surface area contributed by atoms with Gasteiger partial charge < -0.3 is 5.11 Å². The molecule has 21 heavy (non-hydrogen) atoms. The molecule has 1 unspecified atom stereocenters. The lowest BCUT2D eigenvalue weighted by molar-refractivity contribution is 0.220. The lowest BCUT2D eigenvalue weighted by Crippen LogP contribution is -2.00. The largest absolute Gasteiger partial charge is 0.384 e. The predicted molar refractivity (Wildman–Crippen MR) is 94.7 cm³/mol. The van der Waals surface area contributed by atoms with Crippen LogP contribution in [0.1, 0.15) is 22.9 Å². The van der Waals surface area contributed by atoms with Gasteiger partial charge in [0.25, 0.3) is 0 Å². The summed E-state index contributed by atoms with van der Waals surface area (Å²) >= 11 is 8.30. The Bertz CT molecular complexity index is 819. The summed E-state index contributed by atoms with van der Waals surface area (Å²) in [6.07, 6.45) is -0.690. The quantitative estimate of drug-likeness (QED) is 0.612. The van der Waals surface area contributed by atoms with Crippen molar-refractivity contribution in [2.45, 2.75) is 13.0 Å². The molecule has 2 nitrogen and oxygen atoms in total. The van der Waals surface area contributed by atoms with E-state index in [2.05, 4.69) is 27.6 Å². The number of aromatic nitrogens is 1.